The fourth-order valence-corrected chi connectivity index (χ4v) is 0.408. The summed E-state index contributed by atoms with van der Waals surface area (Å²) in [4.78, 5) is 0. The van der Waals surface area contributed by atoms with E-state index in [1.807, 2.05) is 0 Å². The fourth-order valence-electron chi connectivity index (χ4n) is 0.408. The molecule has 0 fully saturated rings. The molecule has 0 aliphatic carbocycles. The van der Waals surface area contributed by atoms with Gasteiger partial charge in [-0.3, -0.25) is 0 Å². The number of hydrogen-bond acceptors (Lipinski definition) is 4. The second-order valence-electron chi connectivity index (χ2n) is 1.47. The normalized spacial score (nSPS) is 13.6. The van der Waals surface area contributed by atoms with Gasteiger partial charge in [0.15, 0.2) is 6.17 Å². The molecular formula is C3H6FN5. The van der Waals surface area contributed by atoms with Crippen LogP contribution in [0.3, 0.4) is 0 Å². The molecular weight excluding hydrogens is 125 g/mol. The van der Waals surface area contributed by atoms with Gasteiger partial charge >= 0.3 is 0 Å². The zero-order valence-corrected chi connectivity index (χ0v) is 4.58. The minimum Gasteiger partial charge on any atom is -0.327 e. The van der Waals surface area contributed by atoms with E-state index in [2.05, 4.69) is 20.6 Å². The lowest BCUT2D eigenvalue weighted by Crippen LogP contribution is -2.09. The predicted molar refractivity (Wildman–Crippen MR) is 27.1 cm³/mol. The maximum Gasteiger partial charge on any atom is 0.209 e. The number of aromatic amines is 1. The third-order valence-electron chi connectivity index (χ3n) is 0.849. The van der Waals surface area contributed by atoms with E-state index in [1.54, 1.807) is 0 Å². The van der Waals surface area contributed by atoms with Crippen molar-refractivity contribution < 1.29 is 4.39 Å². The predicted octanol–water partition coefficient (Wildman–Crippen LogP) is -0.831. The molecule has 0 saturated carbocycles. The molecule has 5 nitrogen and oxygen atoms in total. The van der Waals surface area contributed by atoms with Crippen LogP contribution in [-0.2, 0) is 0 Å². The molecule has 1 atom stereocenters. The van der Waals surface area contributed by atoms with Crippen molar-refractivity contribution in [3.8, 4) is 0 Å². The molecule has 0 aromatic carbocycles. The van der Waals surface area contributed by atoms with Crippen molar-refractivity contribution in [3.63, 3.8) is 0 Å². The lowest BCUT2D eigenvalue weighted by atomic mass is 10.4. The van der Waals surface area contributed by atoms with Crippen LogP contribution in [0.5, 0.6) is 0 Å². The van der Waals surface area contributed by atoms with Crippen LogP contribution in [-0.4, -0.2) is 27.2 Å². The average Bonchev–Trinajstić information content (AvgIpc) is 2.37. The maximum absolute atomic E-state index is 12.4. The van der Waals surface area contributed by atoms with Crippen molar-refractivity contribution in [2.24, 2.45) is 5.73 Å². The molecule has 1 aromatic rings. The van der Waals surface area contributed by atoms with Gasteiger partial charge in [0.1, 0.15) is 0 Å². The molecule has 0 spiro atoms. The Bertz CT molecular complexity index is 161. The highest BCUT2D eigenvalue weighted by Gasteiger charge is 2.10. The topological polar surface area (TPSA) is 80.5 Å². The first kappa shape index (κ1) is 6.09. The van der Waals surface area contributed by atoms with Crippen LogP contribution in [0.1, 0.15) is 12.0 Å². The number of tetrazole rings is 1. The van der Waals surface area contributed by atoms with Crippen LogP contribution in [0.15, 0.2) is 0 Å². The van der Waals surface area contributed by atoms with Gasteiger partial charge < -0.3 is 5.73 Å². The zero-order valence-electron chi connectivity index (χ0n) is 4.58. The first-order valence-electron chi connectivity index (χ1n) is 2.42. The second kappa shape index (κ2) is 2.49. The van der Waals surface area contributed by atoms with E-state index >= 15 is 0 Å². The van der Waals surface area contributed by atoms with Crippen LogP contribution in [0, 0.1) is 0 Å². The van der Waals surface area contributed by atoms with Crippen molar-refractivity contribution in [1.82, 2.24) is 20.6 Å². The van der Waals surface area contributed by atoms with Gasteiger partial charge in [0.05, 0.1) is 0 Å². The number of nitrogens with two attached hydrogens (primary N) is 1. The molecule has 0 saturated heterocycles. The fraction of sp³-hybridized carbons (Fsp3) is 0.667. The molecule has 0 aliphatic heterocycles. The molecule has 9 heavy (non-hydrogen) atoms. The standard InChI is InChI=1S/C3H6FN5/c4-2(1-5)3-6-8-9-7-3/h2H,1,5H2,(H,6,7,8,9). The maximum atomic E-state index is 12.4. The molecule has 50 valence electrons. The molecule has 1 heterocycles. The molecule has 1 rings (SSSR count). The number of rotatable bonds is 2. The number of aromatic nitrogens is 4. The number of nitrogens with one attached hydrogen (secondary N) is 1. The van der Waals surface area contributed by atoms with Gasteiger partial charge in [0.25, 0.3) is 0 Å². The largest absolute Gasteiger partial charge is 0.327 e. The first-order chi connectivity index (χ1) is 4.34. The van der Waals surface area contributed by atoms with E-state index in [0.29, 0.717) is 0 Å². The lowest BCUT2D eigenvalue weighted by molar-refractivity contribution is 0.336. The van der Waals surface area contributed by atoms with E-state index in [4.69, 9.17) is 5.73 Å². The Labute approximate surface area is 50.4 Å². The molecule has 6 heteroatoms. The number of hydrogen-bond donors (Lipinski definition) is 2. The van der Waals surface area contributed by atoms with Crippen LogP contribution < -0.4 is 5.73 Å². The average molecular weight is 131 g/mol. The molecule has 0 radical (unpaired) electrons. The zero-order chi connectivity index (χ0) is 6.69. The summed E-state index contributed by atoms with van der Waals surface area (Å²) < 4.78 is 12.4. The SMILES string of the molecule is NCC(F)c1nn[nH]n1. The Morgan fingerprint density at radius 3 is 3.00 bits per heavy atom. The van der Waals surface area contributed by atoms with E-state index in [1.165, 1.54) is 0 Å². The van der Waals surface area contributed by atoms with Gasteiger partial charge in [0.2, 0.25) is 5.82 Å². The third kappa shape index (κ3) is 1.20. The van der Waals surface area contributed by atoms with E-state index < -0.39 is 6.17 Å². The molecule has 1 unspecified atom stereocenters. The summed E-state index contributed by atoms with van der Waals surface area (Å²) in [5, 5.41) is 12.0. The quantitative estimate of drug-likeness (QED) is 0.548. The molecule has 0 bridgehead atoms. The van der Waals surface area contributed by atoms with Crippen LogP contribution >= 0.6 is 0 Å². The Morgan fingerprint density at radius 2 is 2.56 bits per heavy atom. The summed E-state index contributed by atoms with van der Waals surface area (Å²) in [6.45, 7) is -0.112. The first-order valence-corrected chi connectivity index (χ1v) is 2.42. The van der Waals surface area contributed by atoms with Gasteiger partial charge in [-0.05, 0) is 0 Å². The number of H-pyrrole nitrogens is 1. The number of nitrogens with zero attached hydrogens (tertiary/aromatic N) is 3. The summed E-state index contributed by atoms with van der Waals surface area (Å²) in [7, 11) is 0. The Morgan fingerprint density at radius 1 is 1.78 bits per heavy atom. The summed E-state index contributed by atoms with van der Waals surface area (Å²) in [6, 6.07) is 0. The second-order valence-corrected chi connectivity index (χ2v) is 1.47. The van der Waals surface area contributed by atoms with E-state index in [-0.39, 0.29) is 12.4 Å². The highest BCUT2D eigenvalue weighted by atomic mass is 19.1. The van der Waals surface area contributed by atoms with E-state index in [9.17, 15) is 4.39 Å². The van der Waals surface area contributed by atoms with Gasteiger partial charge in [-0.25, -0.2) is 4.39 Å². The minimum atomic E-state index is -1.30. The smallest absolute Gasteiger partial charge is 0.209 e. The number of halogens is 1. The Hall–Kier alpha value is -1.04. The minimum absolute atomic E-state index is 0.0116. The Kier molecular flexibility index (Phi) is 1.69. The highest BCUT2D eigenvalue weighted by molar-refractivity contribution is 4.83. The van der Waals surface area contributed by atoms with Gasteiger partial charge in [-0.15, -0.1) is 10.2 Å². The summed E-state index contributed by atoms with van der Waals surface area (Å²) in [6.07, 6.45) is -1.30. The molecule has 1 aromatic heterocycles. The van der Waals surface area contributed by atoms with Crippen molar-refractivity contribution in [2.45, 2.75) is 6.17 Å². The van der Waals surface area contributed by atoms with Crippen molar-refractivity contribution in [3.05, 3.63) is 5.82 Å². The summed E-state index contributed by atoms with van der Waals surface area (Å²) in [5.41, 5.74) is 4.97. The van der Waals surface area contributed by atoms with Crippen LogP contribution in [0.4, 0.5) is 4.39 Å². The van der Waals surface area contributed by atoms with Crippen LogP contribution in [0.2, 0.25) is 0 Å². The molecule has 0 aliphatic rings. The van der Waals surface area contributed by atoms with Gasteiger partial charge in [0, 0.05) is 6.54 Å². The van der Waals surface area contributed by atoms with Crippen LogP contribution in [0.25, 0.3) is 0 Å². The van der Waals surface area contributed by atoms with Crippen molar-refractivity contribution in [1.29, 1.82) is 0 Å². The molecule has 3 N–H and O–H groups in total. The Balaban J connectivity index is 2.65. The summed E-state index contributed by atoms with van der Waals surface area (Å²) in [5.74, 6) is 0.0116. The number of alkyl halides is 1. The van der Waals surface area contributed by atoms with E-state index in [0.717, 1.165) is 0 Å². The van der Waals surface area contributed by atoms with Crippen molar-refractivity contribution >= 4 is 0 Å². The van der Waals surface area contributed by atoms with Gasteiger partial charge in [-0.2, -0.15) is 5.21 Å². The lowest BCUT2D eigenvalue weighted by Gasteiger charge is -1.93. The highest BCUT2D eigenvalue weighted by Crippen LogP contribution is 2.06. The third-order valence-corrected chi connectivity index (χ3v) is 0.849. The summed E-state index contributed by atoms with van der Waals surface area (Å²) >= 11 is 0. The van der Waals surface area contributed by atoms with Crippen molar-refractivity contribution in [2.75, 3.05) is 6.54 Å². The monoisotopic (exact) mass is 131 g/mol. The molecule has 0 amide bonds. The van der Waals surface area contributed by atoms with Gasteiger partial charge in [-0.1, -0.05) is 5.21 Å².